The molecule has 54 heavy (non-hydrogen) atoms. The molecule has 1 aliphatic carbocycles. The Labute approximate surface area is 311 Å². The predicted octanol–water partition coefficient (Wildman–Crippen LogP) is 11.3. The second-order valence-electron chi connectivity index (χ2n) is 13.2. The summed E-state index contributed by atoms with van der Waals surface area (Å²) in [5.41, 5.74) is 13.9. The van der Waals surface area contributed by atoms with Crippen LogP contribution >= 0.6 is 0 Å². The Hall–Kier alpha value is -7.62. The molecule has 10 rings (SSSR count). The highest BCUT2D eigenvalue weighted by Gasteiger charge is 2.26. The maximum atomic E-state index is 9.55. The van der Waals surface area contributed by atoms with E-state index in [1.165, 1.54) is 27.6 Å². The third-order valence-corrected chi connectivity index (χ3v) is 10.1. The molecule has 0 bridgehead atoms. The van der Waals surface area contributed by atoms with Crippen molar-refractivity contribution in [3.8, 4) is 96.1 Å². The Morgan fingerprint density at radius 1 is 0.333 bits per heavy atom. The molecule has 250 valence electrons. The summed E-state index contributed by atoms with van der Waals surface area (Å²) in [6, 6.07) is 55.6. The first-order chi connectivity index (χ1) is 26.7. The van der Waals surface area contributed by atoms with E-state index in [2.05, 4.69) is 88.8 Å². The fraction of sp³-hybridized carbons (Fsp3) is 0. The van der Waals surface area contributed by atoms with Crippen molar-refractivity contribution in [2.75, 3.05) is 0 Å². The number of benzene rings is 6. The molecule has 0 fully saturated rings. The van der Waals surface area contributed by atoms with Crippen LogP contribution in [0.5, 0.6) is 0 Å². The van der Waals surface area contributed by atoms with Gasteiger partial charge >= 0.3 is 0 Å². The smallest absolute Gasteiger partial charge is 0.164 e. The van der Waals surface area contributed by atoms with E-state index in [0.29, 0.717) is 23.0 Å². The molecule has 1 aliphatic rings. The average molecular weight is 689 g/mol. The van der Waals surface area contributed by atoms with Gasteiger partial charge in [0.15, 0.2) is 17.5 Å². The first kappa shape index (κ1) is 31.1. The molecular weight excluding hydrogens is 661 g/mol. The molecule has 6 aromatic carbocycles. The minimum atomic E-state index is 0.572. The lowest BCUT2D eigenvalue weighted by atomic mass is 9.90. The Morgan fingerprint density at radius 3 is 1.26 bits per heavy atom. The summed E-state index contributed by atoms with van der Waals surface area (Å²) in [7, 11) is 0. The number of hydrogen-bond acceptors (Lipinski definition) is 6. The van der Waals surface area contributed by atoms with Crippen molar-refractivity contribution in [3.63, 3.8) is 0 Å². The van der Waals surface area contributed by atoms with Gasteiger partial charge in [-0.25, -0.2) is 15.0 Å². The van der Waals surface area contributed by atoms with Gasteiger partial charge in [-0.15, -0.1) is 0 Å². The maximum absolute atomic E-state index is 9.55. The highest BCUT2D eigenvalue weighted by molar-refractivity contribution is 6.22. The summed E-state index contributed by atoms with van der Waals surface area (Å²) in [6.07, 6.45) is 3.60. The molecule has 0 radical (unpaired) electrons. The van der Waals surface area contributed by atoms with E-state index >= 15 is 0 Å². The first-order valence-corrected chi connectivity index (χ1v) is 17.7. The lowest BCUT2D eigenvalue weighted by Gasteiger charge is -2.15. The average Bonchev–Trinajstić information content (AvgIpc) is 3.59. The van der Waals surface area contributed by atoms with Crippen molar-refractivity contribution >= 4 is 10.8 Å². The summed E-state index contributed by atoms with van der Waals surface area (Å²) in [6.45, 7) is 0. The molecule has 0 amide bonds. The molecule has 0 saturated carbocycles. The molecule has 0 atom stereocenters. The predicted molar refractivity (Wildman–Crippen MR) is 215 cm³/mol. The highest BCUT2D eigenvalue weighted by Crippen LogP contribution is 2.51. The van der Waals surface area contributed by atoms with Crippen LogP contribution in [0.2, 0.25) is 0 Å². The molecule has 3 heterocycles. The van der Waals surface area contributed by atoms with Crippen LogP contribution in [0, 0.1) is 11.3 Å². The summed E-state index contributed by atoms with van der Waals surface area (Å²) >= 11 is 0. The van der Waals surface area contributed by atoms with E-state index in [4.69, 9.17) is 15.0 Å². The van der Waals surface area contributed by atoms with Crippen LogP contribution in [-0.4, -0.2) is 24.9 Å². The van der Waals surface area contributed by atoms with E-state index in [-0.39, 0.29) is 0 Å². The van der Waals surface area contributed by atoms with Crippen LogP contribution in [0.4, 0.5) is 0 Å². The van der Waals surface area contributed by atoms with Crippen LogP contribution in [0.3, 0.4) is 0 Å². The van der Waals surface area contributed by atoms with E-state index < -0.39 is 0 Å². The number of rotatable bonds is 6. The number of fused-ring (bicyclic) bond motifs is 3. The van der Waals surface area contributed by atoms with Crippen molar-refractivity contribution in [2.45, 2.75) is 0 Å². The highest BCUT2D eigenvalue weighted by atomic mass is 15.0. The maximum Gasteiger partial charge on any atom is 0.164 e. The summed E-state index contributed by atoms with van der Waals surface area (Å²) in [5, 5.41) is 11.8. The van der Waals surface area contributed by atoms with Gasteiger partial charge in [0.05, 0.1) is 23.0 Å². The largest absolute Gasteiger partial charge is 0.256 e. The van der Waals surface area contributed by atoms with E-state index in [1.54, 1.807) is 12.4 Å². The van der Waals surface area contributed by atoms with Crippen molar-refractivity contribution in [3.05, 3.63) is 176 Å². The van der Waals surface area contributed by atoms with Crippen LogP contribution in [0.15, 0.2) is 170 Å². The molecule has 9 aromatic rings. The third kappa shape index (κ3) is 5.31. The van der Waals surface area contributed by atoms with Crippen molar-refractivity contribution < 1.29 is 0 Å². The second-order valence-corrected chi connectivity index (χ2v) is 13.2. The SMILES string of the molecule is N#Cc1ccc(-c2ccc3c4c(ccc(-c5nc(-c6ccc(-c7ccccn7)cc6)nc(-c6ccc(-c7ccccn7)cc6)n5)c24)-c2ccccc2-3)cc1. The van der Waals surface area contributed by atoms with Crippen molar-refractivity contribution in [1.82, 2.24) is 24.9 Å². The molecular formula is C48H28N6. The van der Waals surface area contributed by atoms with Gasteiger partial charge in [0, 0.05) is 45.6 Å². The van der Waals surface area contributed by atoms with Crippen LogP contribution in [-0.2, 0) is 0 Å². The van der Waals surface area contributed by atoms with Gasteiger partial charge in [0.25, 0.3) is 0 Å². The first-order valence-electron chi connectivity index (χ1n) is 17.7. The van der Waals surface area contributed by atoms with Crippen LogP contribution < -0.4 is 0 Å². The summed E-state index contributed by atoms with van der Waals surface area (Å²) in [5.74, 6) is 1.72. The lowest BCUT2D eigenvalue weighted by Crippen LogP contribution is -2.01. The number of hydrogen-bond donors (Lipinski definition) is 0. The van der Waals surface area contributed by atoms with Crippen molar-refractivity contribution in [1.29, 1.82) is 5.26 Å². The minimum Gasteiger partial charge on any atom is -0.256 e. The second kappa shape index (κ2) is 12.9. The number of pyridine rings is 2. The monoisotopic (exact) mass is 688 g/mol. The van der Waals surface area contributed by atoms with Crippen LogP contribution in [0.1, 0.15) is 5.56 Å². The van der Waals surface area contributed by atoms with Gasteiger partial charge in [0.1, 0.15) is 0 Å². The Morgan fingerprint density at radius 2 is 0.759 bits per heavy atom. The molecule has 0 saturated heterocycles. The summed E-state index contributed by atoms with van der Waals surface area (Å²) in [4.78, 5) is 24.6. The Bertz CT molecular complexity index is 2770. The quantitative estimate of drug-likeness (QED) is 0.173. The standard InChI is InChI=1S/C48H28N6/c49-29-30-11-13-31(14-12-30)36-23-24-39-37-7-1-2-8-38(37)40-25-26-41(44(36)45(39)40)48-53-46(34-19-15-32(16-20-34)42-9-3-5-27-50-42)52-47(54-48)35-21-17-33(18-22-35)43-10-4-6-28-51-43/h1-28H. The number of aromatic nitrogens is 5. The number of nitriles is 1. The normalized spacial score (nSPS) is 11.3. The van der Waals surface area contributed by atoms with E-state index in [0.717, 1.165) is 55.7 Å². The van der Waals surface area contributed by atoms with Gasteiger partial charge < -0.3 is 0 Å². The Kier molecular flexibility index (Phi) is 7.41. The number of nitrogens with zero attached hydrogens (tertiary/aromatic N) is 6. The van der Waals surface area contributed by atoms with Gasteiger partial charge in [-0.05, 0) is 81.2 Å². The topological polar surface area (TPSA) is 88.2 Å². The molecule has 0 N–H and O–H groups in total. The zero-order chi connectivity index (χ0) is 36.0. The Balaban J connectivity index is 1.20. The third-order valence-electron chi connectivity index (χ3n) is 10.1. The minimum absolute atomic E-state index is 0.572. The van der Waals surface area contributed by atoms with Crippen molar-refractivity contribution in [2.24, 2.45) is 0 Å². The van der Waals surface area contributed by atoms with Crippen LogP contribution in [0.25, 0.3) is 101 Å². The molecule has 3 aromatic heterocycles. The fourth-order valence-corrected chi connectivity index (χ4v) is 7.45. The summed E-state index contributed by atoms with van der Waals surface area (Å²) < 4.78 is 0. The molecule has 6 heteroatoms. The van der Waals surface area contributed by atoms with Gasteiger partial charge in [0.2, 0.25) is 0 Å². The molecule has 0 unspecified atom stereocenters. The molecule has 0 aliphatic heterocycles. The van der Waals surface area contributed by atoms with E-state index in [9.17, 15) is 5.26 Å². The zero-order valence-electron chi connectivity index (χ0n) is 28.8. The lowest BCUT2D eigenvalue weighted by molar-refractivity contribution is 1.08. The van der Waals surface area contributed by atoms with Gasteiger partial charge in [-0.1, -0.05) is 115 Å². The molecule has 0 spiro atoms. The zero-order valence-corrected chi connectivity index (χ0v) is 28.8. The van der Waals surface area contributed by atoms with Gasteiger partial charge in [-0.2, -0.15) is 5.26 Å². The molecule has 6 nitrogen and oxygen atoms in total. The fourth-order valence-electron chi connectivity index (χ4n) is 7.45. The van der Waals surface area contributed by atoms with E-state index in [1.807, 2.05) is 84.9 Å². The van der Waals surface area contributed by atoms with Gasteiger partial charge in [-0.3, -0.25) is 9.97 Å².